The van der Waals surface area contributed by atoms with Gasteiger partial charge in [-0.3, -0.25) is 0 Å². The number of hydrogen-bond donors (Lipinski definition) is 0. The fraction of sp³-hybridized carbons (Fsp3) is 0.763. The molecule has 0 heterocycles. The van der Waals surface area contributed by atoms with E-state index in [1.165, 1.54) is 19.3 Å². The van der Waals surface area contributed by atoms with Crippen molar-refractivity contribution >= 4 is 70.9 Å². The average molecular weight is 876 g/mol. The van der Waals surface area contributed by atoms with Gasteiger partial charge in [0.1, 0.15) is 13.2 Å². The van der Waals surface area contributed by atoms with E-state index in [1.54, 1.807) is 20.8 Å². The van der Waals surface area contributed by atoms with Crippen LogP contribution in [0.4, 0.5) is 0 Å². The molecule has 0 amide bonds. The van der Waals surface area contributed by atoms with Crippen LogP contribution >= 0.6 is 0 Å². The molecule has 55 heavy (non-hydrogen) atoms. The molecule has 0 saturated heterocycles. The van der Waals surface area contributed by atoms with E-state index in [0.29, 0.717) is 43.1 Å². The minimum absolute atomic E-state index is 0.251. The molecule has 0 saturated carbocycles. The maximum absolute atomic E-state index is 11.9. The molecular weight excluding hydrogens is 801 g/mol. The first-order chi connectivity index (χ1) is 25.8. The second-order valence-corrected chi connectivity index (χ2v) is 31.9. The van der Waals surface area contributed by atoms with Crippen LogP contribution in [0, 0.1) is 0 Å². The molecule has 0 aliphatic rings. The molecule has 0 N–H and O–H groups in total. The molecule has 0 bridgehead atoms. The summed E-state index contributed by atoms with van der Waals surface area (Å²) in [6.45, 7) is 33.7. The quantitative estimate of drug-likeness (QED) is 0.0199. The van der Waals surface area contributed by atoms with Gasteiger partial charge >= 0.3 is 26.5 Å². The Bertz CT molecular complexity index is 1160. The van der Waals surface area contributed by atoms with Gasteiger partial charge in [0, 0.05) is 23.3 Å². The zero-order chi connectivity index (χ0) is 41.9. The largest absolute Gasteiger partial charge is 0.462 e. The molecule has 1 atom stereocenters. The number of carbonyl (C=O) groups excluding carboxylic acids is 3. The van der Waals surface area contributed by atoms with E-state index < -0.39 is 53.0 Å². The van der Waals surface area contributed by atoms with Gasteiger partial charge in [-0.25, -0.2) is 14.4 Å². The third kappa shape index (κ3) is 30.5. The first-order valence-corrected chi connectivity index (χ1v) is 33.9. The third-order valence-electron chi connectivity index (χ3n) is 8.49. The van der Waals surface area contributed by atoms with Gasteiger partial charge in [-0.15, -0.1) is 0 Å². The van der Waals surface area contributed by atoms with Crippen molar-refractivity contribution in [2.24, 2.45) is 0 Å². The maximum atomic E-state index is 11.9. The Hall–Kier alpha value is -1.27. The molecule has 0 fully saturated rings. The fourth-order valence-corrected chi connectivity index (χ4v) is 22.2. The molecule has 17 heteroatoms. The minimum atomic E-state index is -2.25. The van der Waals surface area contributed by atoms with Gasteiger partial charge in [0.05, 0.1) is 19.8 Å². The van der Waals surface area contributed by atoms with E-state index in [-0.39, 0.29) is 31.1 Å². The summed E-state index contributed by atoms with van der Waals surface area (Å²) < 4.78 is 47.2. The Balaban J connectivity index is 4.62. The van der Waals surface area contributed by atoms with E-state index in [4.69, 9.17) is 35.7 Å². The monoisotopic (exact) mass is 874 g/mol. The van der Waals surface area contributed by atoms with Crippen molar-refractivity contribution in [3.8, 4) is 0 Å². The second-order valence-electron chi connectivity index (χ2n) is 15.1. The maximum Gasteiger partial charge on any atom is 0.333 e. The van der Waals surface area contributed by atoms with Gasteiger partial charge in [0.15, 0.2) is 26.4 Å². The number of rotatable bonds is 35. The first kappa shape index (κ1) is 53.7. The lowest BCUT2D eigenvalue weighted by molar-refractivity contribution is -0.140. The van der Waals surface area contributed by atoms with Crippen molar-refractivity contribution in [3.63, 3.8) is 0 Å². The van der Waals surface area contributed by atoms with Crippen LogP contribution < -0.4 is 0 Å². The Morgan fingerprint density at radius 3 is 1.40 bits per heavy atom. The highest BCUT2D eigenvalue weighted by molar-refractivity contribution is 6.79. The number of unbranched alkanes of at least 4 members (excludes halogenated alkanes) is 4. The van der Waals surface area contributed by atoms with Crippen LogP contribution in [0.5, 0.6) is 0 Å². The fourth-order valence-electron chi connectivity index (χ4n) is 5.40. The first-order valence-electron chi connectivity index (χ1n) is 19.8. The van der Waals surface area contributed by atoms with Gasteiger partial charge in [-0.1, -0.05) is 51.8 Å². The standard InChI is InChI=1S/C38H74O11Si6/c1-33(2)36(39)42-21-20-32-55(13,49-52(9)28-18-15-14-17-27-50(7)45-25-23-43-37(40)34(3)4)31-19-16-22-47-54(11,12)48-53(10)30-29-51(8)46-26-24-44-38(41)35(5)6/h1,3,5,14-32H2,2,4,6-13H3. The van der Waals surface area contributed by atoms with Crippen molar-refractivity contribution in [3.05, 3.63) is 36.5 Å². The highest BCUT2D eigenvalue weighted by atomic mass is 28.4. The molecule has 4 radical (unpaired) electrons. The van der Waals surface area contributed by atoms with Crippen LogP contribution in [-0.4, -0.2) is 111 Å². The van der Waals surface area contributed by atoms with Crippen molar-refractivity contribution in [2.75, 3.05) is 39.6 Å². The minimum Gasteiger partial charge on any atom is -0.462 e. The summed E-state index contributed by atoms with van der Waals surface area (Å²) in [5.74, 6) is -1.08. The van der Waals surface area contributed by atoms with Crippen molar-refractivity contribution < 1.29 is 50.1 Å². The summed E-state index contributed by atoms with van der Waals surface area (Å²) >= 11 is 0. The molecule has 0 spiro atoms. The number of carbonyl (C=O) groups is 3. The highest BCUT2D eigenvalue weighted by Gasteiger charge is 2.32. The highest BCUT2D eigenvalue weighted by Crippen LogP contribution is 2.26. The predicted octanol–water partition coefficient (Wildman–Crippen LogP) is 8.92. The molecular formula is C38H74O11Si6. The average Bonchev–Trinajstić information content (AvgIpc) is 3.10. The molecule has 316 valence electrons. The zero-order valence-electron chi connectivity index (χ0n) is 36.0. The van der Waals surface area contributed by atoms with E-state index in [1.807, 2.05) is 0 Å². The lowest BCUT2D eigenvalue weighted by Crippen LogP contribution is -2.41. The lowest BCUT2D eigenvalue weighted by Gasteiger charge is -2.31. The molecule has 1 unspecified atom stereocenters. The van der Waals surface area contributed by atoms with Crippen LogP contribution in [0.15, 0.2) is 36.5 Å². The second kappa shape index (κ2) is 30.8. The van der Waals surface area contributed by atoms with Crippen molar-refractivity contribution in [1.82, 2.24) is 0 Å². The van der Waals surface area contributed by atoms with E-state index in [2.05, 4.69) is 65.6 Å². The van der Waals surface area contributed by atoms with Crippen molar-refractivity contribution in [1.29, 1.82) is 0 Å². The SMILES string of the molecule is C=C(C)C(=O)OCCC[Si](C)(CCCCO[Si](C)(C)O[Si](C)CC[Si](C)OCCOC(=O)C(=C)C)O[Si](C)CCCCCC[Si](C)OCCOC(=O)C(=C)C. The van der Waals surface area contributed by atoms with E-state index in [0.717, 1.165) is 61.9 Å². The van der Waals surface area contributed by atoms with Crippen LogP contribution in [0.1, 0.15) is 65.7 Å². The van der Waals surface area contributed by atoms with Gasteiger partial charge in [0.2, 0.25) is 18.1 Å². The Kier molecular flexibility index (Phi) is 30.1. The van der Waals surface area contributed by atoms with Gasteiger partial charge in [-0.05, 0) is 116 Å². The predicted molar refractivity (Wildman–Crippen MR) is 234 cm³/mol. The summed E-state index contributed by atoms with van der Waals surface area (Å²) in [5.41, 5.74) is 1.22. The van der Waals surface area contributed by atoms with Crippen molar-refractivity contribution in [2.45, 2.75) is 148 Å². The number of esters is 3. The molecule has 0 aromatic carbocycles. The Morgan fingerprint density at radius 2 is 0.891 bits per heavy atom. The van der Waals surface area contributed by atoms with Crippen LogP contribution in [0.3, 0.4) is 0 Å². The topological polar surface area (TPSA) is 125 Å². The van der Waals surface area contributed by atoms with E-state index in [9.17, 15) is 14.4 Å². The summed E-state index contributed by atoms with van der Waals surface area (Å²) in [6, 6.07) is 6.22. The number of hydrogen-bond acceptors (Lipinski definition) is 11. The summed E-state index contributed by atoms with van der Waals surface area (Å²) in [7, 11) is -8.10. The van der Waals surface area contributed by atoms with Gasteiger partial charge in [0.25, 0.3) is 0 Å². The third-order valence-corrected chi connectivity index (χ3v) is 24.8. The van der Waals surface area contributed by atoms with Crippen LogP contribution in [0.2, 0.25) is 82.1 Å². The Labute approximate surface area is 343 Å². The van der Waals surface area contributed by atoms with Crippen LogP contribution in [0.25, 0.3) is 0 Å². The summed E-state index contributed by atoms with van der Waals surface area (Å²) in [4.78, 5) is 34.9. The normalized spacial score (nSPS) is 13.0. The van der Waals surface area contributed by atoms with Gasteiger partial charge in [-0.2, -0.15) is 0 Å². The molecule has 11 nitrogen and oxygen atoms in total. The lowest BCUT2D eigenvalue weighted by atomic mass is 10.2. The zero-order valence-corrected chi connectivity index (χ0v) is 42.0. The Morgan fingerprint density at radius 1 is 0.473 bits per heavy atom. The number of ether oxygens (including phenoxy) is 3. The summed E-state index contributed by atoms with van der Waals surface area (Å²) in [6.07, 6.45) is 7.50. The van der Waals surface area contributed by atoms with Crippen LogP contribution in [-0.2, 0) is 50.1 Å². The molecule has 0 aromatic heterocycles. The van der Waals surface area contributed by atoms with E-state index >= 15 is 0 Å². The molecule has 0 aromatic rings. The smallest absolute Gasteiger partial charge is 0.333 e. The summed E-state index contributed by atoms with van der Waals surface area (Å²) in [5, 5.41) is 0. The molecule has 0 rings (SSSR count). The molecule has 0 aliphatic carbocycles. The molecule has 0 aliphatic heterocycles. The van der Waals surface area contributed by atoms with Gasteiger partial charge < -0.3 is 35.7 Å².